The molecule has 4 nitrogen and oxygen atoms in total. The highest BCUT2D eigenvalue weighted by Gasteiger charge is 2.19. The summed E-state index contributed by atoms with van der Waals surface area (Å²) in [7, 11) is 0. The van der Waals surface area contributed by atoms with Crippen LogP contribution in [0.1, 0.15) is 28.9 Å². The summed E-state index contributed by atoms with van der Waals surface area (Å²) in [6.07, 6.45) is 0. The Bertz CT molecular complexity index is 782. The molecule has 1 aliphatic heterocycles. The zero-order valence-electron chi connectivity index (χ0n) is 12.0. The van der Waals surface area contributed by atoms with Crippen LogP contribution >= 0.6 is 23.2 Å². The Kier molecular flexibility index (Phi) is 4.33. The third-order valence-electron chi connectivity index (χ3n) is 3.49. The van der Waals surface area contributed by atoms with E-state index < -0.39 is 11.9 Å². The topological polar surface area (TPSA) is 47.6 Å². The molecule has 1 atom stereocenters. The number of carbonyl (C=O) groups excluding carboxylic acids is 1. The summed E-state index contributed by atoms with van der Waals surface area (Å²) in [6, 6.07) is 6.92. The minimum Gasteiger partial charge on any atom is -0.454 e. The molecule has 0 aliphatic carbocycles. The van der Waals surface area contributed by atoms with Crippen molar-refractivity contribution >= 4 is 29.1 Å². The van der Waals surface area contributed by atoms with Gasteiger partial charge in [-0.1, -0.05) is 23.2 Å². The molecule has 0 saturated heterocycles. The molecule has 3 rings (SSSR count). The summed E-state index contributed by atoms with van der Waals surface area (Å²) < 4.78 is 24.0. The second-order valence-corrected chi connectivity index (χ2v) is 5.87. The fourth-order valence-corrected chi connectivity index (χ4v) is 2.81. The van der Waals surface area contributed by atoms with Crippen molar-refractivity contribution in [3.8, 4) is 11.5 Å². The molecule has 0 spiro atoms. The van der Waals surface area contributed by atoms with Crippen LogP contribution in [0.25, 0.3) is 0 Å². The van der Waals surface area contributed by atoms with Gasteiger partial charge in [0.2, 0.25) is 6.79 Å². The van der Waals surface area contributed by atoms with E-state index in [0.717, 1.165) is 0 Å². The SMILES string of the molecule is CC(NC(=O)c1ccc2c(c1)OCO2)c1cc(F)c(Cl)cc1Cl. The summed E-state index contributed by atoms with van der Waals surface area (Å²) in [5.41, 5.74) is 0.856. The molecule has 0 bridgehead atoms. The van der Waals surface area contributed by atoms with Gasteiger partial charge in [0.1, 0.15) is 5.82 Å². The van der Waals surface area contributed by atoms with E-state index in [-0.39, 0.29) is 22.7 Å². The number of amides is 1. The molecule has 2 aromatic carbocycles. The first-order valence-corrected chi connectivity index (χ1v) is 7.56. The predicted octanol–water partition coefficient (Wildman–Crippen LogP) is 4.35. The van der Waals surface area contributed by atoms with E-state index in [1.54, 1.807) is 25.1 Å². The lowest BCUT2D eigenvalue weighted by Gasteiger charge is -2.16. The lowest BCUT2D eigenvalue weighted by Crippen LogP contribution is -2.26. The number of ether oxygens (including phenoxy) is 2. The van der Waals surface area contributed by atoms with Gasteiger partial charge in [-0.15, -0.1) is 0 Å². The highest BCUT2D eigenvalue weighted by Crippen LogP contribution is 2.33. The molecule has 1 aliphatic rings. The number of nitrogens with one attached hydrogen (secondary N) is 1. The zero-order chi connectivity index (χ0) is 16.6. The van der Waals surface area contributed by atoms with Gasteiger partial charge in [0.25, 0.3) is 5.91 Å². The van der Waals surface area contributed by atoms with E-state index in [0.29, 0.717) is 22.6 Å². The van der Waals surface area contributed by atoms with Gasteiger partial charge in [-0.25, -0.2) is 4.39 Å². The normalized spacial score (nSPS) is 13.7. The maximum atomic E-state index is 13.6. The van der Waals surface area contributed by atoms with Crippen molar-refractivity contribution in [1.82, 2.24) is 5.32 Å². The van der Waals surface area contributed by atoms with Crippen molar-refractivity contribution in [2.45, 2.75) is 13.0 Å². The summed E-state index contributed by atoms with van der Waals surface area (Å²) >= 11 is 11.7. The first-order valence-electron chi connectivity index (χ1n) is 6.80. The second-order valence-electron chi connectivity index (χ2n) is 5.05. The first-order chi connectivity index (χ1) is 11.0. The number of benzene rings is 2. The molecule has 23 heavy (non-hydrogen) atoms. The maximum absolute atomic E-state index is 13.6. The fraction of sp³-hybridized carbons (Fsp3) is 0.188. The van der Waals surface area contributed by atoms with E-state index in [2.05, 4.69) is 5.32 Å². The van der Waals surface area contributed by atoms with Crippen LogP contribution in [0.5, 0.6) is 11.5 Å². The quantitative estimate of drug-likeness (QED) is 0.832. The van der Waals surface area contributed by atoms with Crippen LogP contribution in [0.4, 0.5) is 4.39 Å². The van der Waals surface area contributed by atoms with E-state index in [1.165, 1.54) is 12.1 Å². The molecule has 0 radical (unpaired) electrons. The molecule has 1 amide bonds. The van der Waals surface area contributed by atoms with Gasteiger partial charge in [-0.3, -0.25) is 4.79 Å². The first kappa shape index (κ1) is 15.9. The monoisotopic (exact) mass is 355 g/mol. The fourth-order valence-electron chi connectivity index (χ4n) is 2.27. The molecular weight excluding hydrogens is 344 g/mol. The lowest BCUT2D eigenvalue weighted by atomic mass is 10.1. The van der Waals surface area contributed by atoms with Crippen molar-refractivity contribution in [2.75, 3.05) is 6.79 Å². The summed E-state index contributed by atoms with van der Waals surface area (Å²) in [6.45, 7) is 1.84. The standard InChI is InChI=1S/C16H12Cl2FNO3/c1-8(10-5-13(19)12(18)6-11(10)17)20-16(21)9-2-3-14-15(4-9)23-7-22-14/h2-6,8H,7H2,1H3,(H,20,21). The number of halogens is 3. The smallest absolute Gasteiger partial charge is 0.251 e. The Morgan fingerprint density at radius 2 is 1.91 bits per heavy atom. The van der Waals surface area contributed by atoms with Crippen molar-refractivity contribution in [2.24, 2.45) is 0 Å². The third-order valence-corrected chi connectivity index (χ3v) is 4.11. The zero-order valence-corrected chi connectivity index (χ0v) is 13.5. The molecule has 0 saturated carbocycles. The number of hydrogen-bond acceptors (Lipinski definition) is 3. The van der Waals surface area contributed by atoms with E-state index in [9.17, 15) is 9.18 Å². The number of hydrogen-bond donors (Lipinski definition) is 1. The average molecular weight is 356 g/mol. The van der Waals surface area contributed by atoms with E-state index in [1.807, 2.05) is 0 Å². The Hall–Kier alpha value is -1.98. The minimum absolute atomic E-state index is 0.0620. The average Bonchev–Trinajstić information content (AvgIpc) is 2.98. The Morgan fingerprint density at radius 3 is 2.70 bits per heavy atom. The number of carbonyl (C=O) groups is 1. The van der Waals surface area contributed by atoms with Crippen LogP contribution in [0.15, 0.2) is 30.3 Å². The number of rotatable bonds is 3. The highest BCUT2D eigenvalue weighted by molar-refractivity contribution is 6.35. The van der Waals surface area contributed by atoms with Crippen molar-refractivity contribution < 1.29 is 18.7 Å². The Labute approximate surface area is 142 Å². The van der Waals surface area contributed by atoms with Gasteiger partial charge < -0.3 is 14.8 Å². The predicted molar refractivity (Wildman–Crippen MR) is 84.9 cm³/mol. The molecular formula is C16H12Cl2FNO3. The molecule has 1 N–H and O–H groups in total. The molecule has 120 valence electrons. The number of fused-ring (bicyclic) bond motifs is 1. The van der Waals surface area contributed by atoms with Crippen molar-refractivity contribution in [3.05, 3.63) is 57.3 Å². The second kappa shape index (κ2) is 6.26. The molecule has 0 fully saturated rings. The van der Waals surface area contributed by atoms with Gasteiger partial charge >= 0.3 is 0 Å². The van der Waals surface area contributed by atoms with Gasteiger partial charge in [0, 0.05) is 10.6 Å². The summed E-state index contributed by atoms with van der Waals surface area (Å²) in [5, 5.41) is 2.99. The molecule has 1 heterocycles. The molecule has 0 aromatic heterocycles. The van der Waals surface area contributed by atoms with Crippen LogP contribution < -0.4 is 14.8 Å². The largest absolute Gasteiger partial charge is 0.454 e. The summed E-state index contributed by atoms with van der Waals surface area (Å²) in [5.74, 6) is 0.191. The minimum atomic E-state index is -0.588. The molecule has 2 aromatic rings. The van der Waals surface area contributed by atoms with Gasteiger partial charge in [-0.05, 0) is 42.8 Å². The third kappa shape index (κ3) is 3.21. The van der Waals surface area contributed by atoms with Crippen molar-refractivity contribution in [3.63, 3.8) is 0 Å². The maximum Gasteiger partial charge on any atom is 0.251 e. The Morgan fingerprint density at radius 1 is 1.17 bits per heavy atom. The highest BCUT2D eigenvalue weighted by atomic mass is 35.5. The summed E-state index contributed by atoms with van der Waals surface area (Å²) in [4.78, 5) is 12.3. The van der Waals surface area contributed by atoms with Crippen molar-refractivity contribution in [1.29, 1.82) is 0 Å². The Balaban J connectivity index is 1.78. The lowest BCUT2D eigenvalue weighted by molar-refractivity contribution is 0.0939. The van der Waals surface area contributed by atoms with Crippen LogP contribution in [0.3, 0.4) is 0 Å². The van der Waals surface area contributed by atoms with E-state index >= 15 is 0 Å². The van der Waals surface area contributed by atoms with Gasteiger partial charge in [0.05, 0.1) is 11.1 Å². The van der Waals surface area contributed by atoms with Gasteiger partial charge in [-0.2, -0.15) is 0 Å². The van der Waals surface area contributed by atoms with Gasteiger partial charge in [0.15, 0.2) is 11.5 Å². The molecule has 1 unspecified atom stereocenters. The van der Waals surface area contributed by atoms with Crippen LogP contribution in [-0.2, 0) is 0 Å². The van der Waals surface area contributed by atoms with Crippen LogP contribution in [0, 0.1) is 5.82 Å². The van der Waals surface area contributed by atoms with Crippen LogP contribution in [-0.4, -0.2) is 12.7 Å². The van der Waals surface area contributed by atoms with E-state index in [4.69, 9.17) is 32.7 Å². The molecule has 7 heteroatoms. The van der Waals surface area contributed by atoms with Crippen LogP contribution in [0.2, 0.25) is 10.0 Å².